The van der Waals surface area contributed by atoms with Gasteiger partial charge in [-0.1, -0.05) is 46.3 Å². The van der Waals surface area contributed by atoms with Crippen molar-refractivity contribution in [2.75, 3.05) is 11.1 Å². The van der Waals surface area contributed by atoms with E-state index in [1.165, 1.54) is 11.8 Å². The Hall–Kier alpha value is -2.36. The second-order valence-corrected chi connectivity index (χ2v) is 8.86. The molecule has 4 N–H and O–H groups in total. The Bertz CT molecular complexity index is 880. The number of hydrogen-bond acceptors (Lipinski definition) is 5. The van der Waals surface area contributed by atoms with Gasteiger partial charge in [-0.05, 0) is 29.8 Å². The average molecular weight is 491 g/mol. The molecule has 2 aromatic carbocycles. The van der Waals surface area contributed by atoms with Gasteiger partial charge in [0.1, 0.15) is 5.50 Å². The van der Waals surface area contributed by atoms with Crippen molar-refractivity contribution in [3.63, 3.8) is 0 Å². The second-order valence-electron chi connectivity index (χ2n) is 6.85. The first-order valence-electron chi connectivity index (χ1n) is 9.51. The number of anilines is 1. The molecular weight excluding hydrogens is 468 g/mol. The maximum Gasteiger partial charge on any atom is 0.234 e. The van der Waals surface area contributed by atoms with Crippen LogP contribution in [0.2, 0.25) is 0 Å². The smallest absolute Gasteiger partial charge is 0.234 e. The van der Waals surface area contributed by atoms with Crippen molar-refractivity contribution in [1.82, 2.24) is 16.0 Å². The first kappa shape index (κ1) is 22.3. The zero-order valence-electron chi connectivity index (χ0n) is 16.2. The maximum atomic E-state index is 12.2. The van der Waals surface area contributed by atoms with Crippen LogP contribution in [-0.4, -0.2) is 35.0 Å². The number of rotatable bonds is 8. The predicted octanol–water partition coefficient (Wildman–Crippen LogP) is 2.59. The van der Waals surface area contributed by atoms with Gasteiger partial charge in [0.2, 0.25) is 17.7 Å². The molecule has 1 heterocycles. The third kappa shape index (κ3) is 7.47. The van der Waals surface area contributed by atoms with E-state index in [0.29, 0.717) is 12.2 Å². The molecule has 3 amide bonds. The fourth-order valence-electron chi connectivity index (χ4n) is 2.95. The molecule has 158 valence electrons. The number of thioether (sulfide) groups is 1. The standard InChI is InChI=1S/C21H23BrN4O3S/c22-15-6-8-16(9-7-15)24-20(29)13-30-21-25-17(11-19(28)26-21)10-18(27)23-12-14-4-2-1-3-5-14/h1-9,17,21,25H,10-13H2,(H,23,27)(H,24,29)(H,26,28). The molecule has 1 saturated heterocycles. The van der Waals surface area contributed by atoms with E-state index in [4.69, 9.17) is 0 Å². The van der Waals surface area contributed by atoms with Gasteiger partial charge >= 0.3 is 0 Å². The van der Waals surface area contributed by atoms with Crippen LogP contribution >= 0.6 is 27.7 Å². The number of carbonyl (C=O) groups is 3. The molecule has 0 saturated carbocycles. The number of hydrogen-bond donors (Lipinski definition) is 4. The van der Waals surface area contributed by atoms with Crippen molar-refractivity contribution in [2.45, 2.75) is 30.9 Å². The summed E-state index contributed by atoms with van der Waals surface area (Å²) in [5.74, 6) is -0.259. The molecule has 0 radical (unpaired) electrons. The van der Waals surface area contributed by atoms with Crippen LogP contribution in [0.25, 0.3) is 0 Å². The highest BCUT2D eigenvalue weighted by Gasteiger charge is 2.28. The van der Waals surface area contributed by atoms with Crippen molar-refractivity contribution in [1.29, 1.82) is 0 Å². The molecular formula is C21H23BrN4O3S. The molecule has 1 aliphatic rings. The maximum absolute atomic E-state index is 12.2. The number of halogens is 1. The molecule has 2 atom stereocenters. The minimum absolute atomic E-state index is 0.122. The lowest BCUT2D eigenvalue weighted by Gasteiger charge is -2.30. The highest BCUT2D eigenvalue weighted by Crippen LogP contribution is 2.17. The van der Waals surface area contributed by atoms with Gasteiger partial charge < -0.3 is 16.0 Å². The van der Waals surface area contributed by atoms with Gasteiger partial charge in [0.05, 0.1) is 5.75 Å². The molecule has 0 bridgehead atoms. The van der Waals surface area contributed by atoms with Crippen molar-refractivity contribution in [3.8, 4) is 0 Å². The third-order valence-electron chi connectivity index (χ3n) is 4.38. The summed E-state index contributed by atoms with van der Waals surface area (Å²) in [5.41, 5.74) is 1.30. The molecule has 0 spiro atoms. The molecule has 1 aliphatic heterocycles. The van der Waals surface area contributed by atoms with E-state index in [-0.39, 0.29) is 42.4 Å². The zero-order valence-corrected chi connectivity index (χ0v) is 18.6. The van der Waals surface area contributed by atoms with Crippen LogP contribution < -0.4 is 21.3 Å². The fourth-order valence-corrected chi connectivity index (χ4v) is 4.10. The lowest BCUT2D eigenvalue weighted by atomic mass is 10.1. The van der Waals surface area contributed by atoms with E-state index in [1.54, 1.807) is 12.1 Å². The quantitative estimate of drug-likeness (QED) is 0.455. The summed E-state index contributed by atoms with van der Waals surface area (Å²) in [6, 6.07) is 16.7. The van der Waals surface area contributed by atoms with Gasteiger partial charge in [0.15, 0.2) is 0 Å². The van der Waals surface area contributed by atoms with E-state index in [9.17, 15) is 14.4 Å². The van der Waals surface area contributed by atoms with Crippen molar-refractivity contribution in [3.05, 3.63) is 64.6 Å². The van der Waals surface area contributed by atoms with E-state index in [0.717, 1.165) is 10.0 Å². The van der Waals surface area contributed by atoms with Crippen molar-refractivity contribution < 1.29 is 14.4 Å². The summed E-state index contributed by atoms with van der Waals surface area (Å²) in [4.78, 5) is 36.4. The molecule has 2 aromatic rings. The van der Waals surface area contributed by atoms with E-state index in [1.807, 2.05) is 42.5 Å². The summed E-state index contributed by atoms with van der Waals surface area (Å²) in [6.07, 6.45) is 0.420. The molecule has 30 heavy (non-hydrogen) atoms. The predicted molar refractivity (Wildman–Crippen MR) is 122 cm³/mol. The summed E-state index contributed by atoms with van der Waals surface area (Å²) in [5, 5.41) is 11.7. The van der Waals surface area contributed by atoms with Gasteiger partial charge in [-0.3, -0.25) is 19.7 Å². The Morgan fingerprint density at radius 2 is 1.80 bits per heavy atom. The van der Waals surface area contributed by atoms with Crippen LogP contribution in [-0.2, 0) is 20.9 Å². The Labute approximate surface area is 187 Å². The van der Waals surface area contributed by atoms with E-state index in [2.05, 4.69) is 37.2 Å². The highest BCUT2D eigenvalue weighted by molar-refractivity contribution is 9.10. The number of amides is 3. The second kappa shape index (κ2) is 11.1. The number of carbonyl (C=O) groups excluding carboxylic acids is 3. The molecule has 2 unspecified atom stereocenters. The van der Waals surface area contributed by atoms with Crippen LogP contribution in [0.3, 0.4) is 0 Å². The Morgan fingerprint density at radius 1 is 1.07 bits per heavy atom. The minimum atomic E-state index is -0.422. The van der Waals surface area contributed by atoms with Gasteiger partial charge in [-0.2, -0.15) is 0 Å². The molecule has 7 nitrogen and oxygen atoms in total. The molecule has 9 heteroatoms. The summed E-state index contributed by atoms with van der Waals surface area (Å²) in [7, 11) is 0. The minimum Gasteiger partial charge on any atom is -0.352 e. The van der Waals surface area contributed by atoms with Gasteiger partial charge in [0.25, 0.3) is 0 Å². The molecule has 3 rings (SSSR count). The number of benzene rings is 2. The first-order valence-corrected chi connectivity index (χ1v) is 11.3. The van der Waals surface area contributed by atoms with Crippen LogP contribution in [0, 0.1) is 0 Å². The largest absolute Gasteiger partial charge is 0.352 e. The number of nitrogens with one attached hydrogen (secondary N) is 4. The van der Waals surface area contributed by atoms with E-state index >= 15 is 0 Å². The van der Waals surface area contributed by atoms with Crippen molar-refractivity contribution in [2.24, 2.45) is 0 Å². The Morgan fingerprint density at radius 3 is 2.53 bits per heavy atom. The molecule has 0 aliphatic carbocycles. The Kier molecular flexibility index (Phi) is 8.30. The summed E-state index contributed by atoms with van der Waals surface area (Å²) < 4.78 is 0.933. The van der Waals surface area contributed by atoms with Crippen LogP contribution in [0.15, 0.2) is 59.1 Å². The van der Waals surface area contributed by atoms with E-state index < -0.39 is 5.50 Å². The normalized spacial score (nSPS) is 18.4. The summed E-state index contributed by atoms with van der Waals surface area (Å²) in [6.45, 7) is 0.451. The zero-order chi connectivity index (χ0) is 21.3. The first-order chi connectivity index (χ1) is 14.5. The average Bonchev–Trinajstić information content (AvgIpc) is 2.73. The lowest BCUT2D eigenvalue weighted by molar-refractivity contribution is -0.125. The van der Waals surface area contributed by atoms with Gasteiger partial charge in [0, 0.05) is 35.6 Å². The van der Waals surface area contributed by atoms with Crippen LogP contribution in [0.5, 0.6) is 0 Å². The monoisotopic (exact) mass is 490 g/mol. The Balaban J connectivity index is 1.41. The highest BCUT2D eigenvalue weighted by atomic mass is 79.9. The third-order valence-corrected chi connectivity index (χ3v) is 5.93. The van der Waals surface area contributed by atoms with Crippen LogP contribution in [0.4, 0.5) is 5.69 Å². The summed E-state index contributed by atoms with van der Waals surface area (Å²) >= 11 is 4.63. The van der Waals surface area contributed by atoms with Crippen molar-refractivity contribution >= 4 is 51.1 Å². The fraction of sp³-hybridized carbons (Fsp3) is 0.286. The van der Waals surface area contributed by atoms with Gasteiger partial charge in [-0.25, -0.2) is 0 Å². The van der Waals surface area contributed by atoms with Crippen LogP contribution in [0.1, 0.15) is 18.4 Å². The lowest BCUT2D eigenvalue weighted by Crippen LogP contribution is -2.56. The topological polar surface area (TPSA) is 99.3 Å². The molecule has 0 aromatic heterocycles. The molecule has 1 fully saturated rings. The SMILES string of the molecule is O=C(CC1CC(=O)NC(SCC(=O)Nc2ccc(Br)cc2)N1)NCc1ccccc1. The van der Waals surface area contributed by atoms with Gasteiger partial charge in [-0.15, -0.1) is 11.8 Å².